The van der Waals surface area contributed by atoms with Gasteiger partial charge >= 0.3 is 0 Å². The molecule has 0 aliphatic carbocycles. The molecule has 6 nitrogen and oxygen atoms in total. The Bertz CT molecular complexity index is 732. The maximum absolute atomic E-state index is 12.3. The number of carbonyl (C=O) groups is 2. The van der Waals surface area contributed by atoms with Gasteiger partial charge in [-0.05, 0) is 24.3 Å². The number of aliphatic hydroxyl groups excluding tert-OH is 1. The second kappa shape index (κ2) is 7.07. The van der Waals surface area contributed by atoms with Crippen molar-refractivity contribution in [1.29, 1.82) is 0 Å². The molecule has 1 aliphatic heterocycles. The Morgan fingerprint density at radius 3 is 2.88 bits per heavy atom. The van der Waals surface area contributed by atoms with Gasteiger partial charge in [-0.15, -0.1) is 0 Å². The van der Waals surface area contributed by atoms with E-state index in [4.69, 9.17) is 16.0 Å². The van der Waals surface area contributed by atoms with Crippen LogP contribution in [0.25, 0.3) is 0 Å². The van der Waals surface area contributed by atoms with Crippen molar-refractivity contribution in [1.82, 2.24) is 5.32 Å². The van der Waals surface area contributed by atoms with Gasteiger partial charge in [0.25, 0.3) is 0 Å². The molecule has 1 aliphatic rings. The number of nitrogens with one attached hydrogen (secondary N) is 1. The fraction of sp³-hybridized carbons (Fsp3) is 0.294. The molecule has 1 aromatic heterocycles. The van der Waals surface area contributed by atoms with Gasteiger partial charge < -0.3 is 19.7 Å². The number of furan rings is 1. The summed E-state index contributed by atoms with van der Waals surface area (Å²) in [5, 5.41) is 13.0. The number of hydrogen-bond donors (Lipinski definition) is 2. The molecule has 2 aromatic rings. The quantitative estimate of drug-likeness (QED) is 0.867. The standard InChI is InChI=1S/C17H17ClN2O4/c18-12-4-1-2-5-13(12)20-10-11(8-16(20)22)17(23)19-9-14(21)15-6-3-7-24-15/h1-7,11,14,21H,8-10H2,(H,19,23). The van der Waals surface area contributed by atoms with E-state index in [1.807, 2.05) is 0 Å². The highest BCUT2D eigenvalue weighted by molar-refractivity contribution is 6.33. The van der Waals surface area contributed by atoms with Crippen LogP contribution in [0.1, 0.15) is 18.3 Å². The zero-order chi connectivity index (χ0) is 17.1. The van der Waals surface area contributed by atoms with Crippen molar-refractivity contribution in [3.63, 3.8) is 0 Å². The average Bonchev–Trinajstić information content (AvgIpc) is 3.23. The molecule has 0 spiro atoms. The molecule has 2 atom stereocenters. The van der Waals surface area contributed by atoms with Crippen molar-refractivity contribution >= 4 is 29.1 Å². The van der Waals surface area contributed by atoms with Gasteiger partial charge in [0.05, 0.1) is 29.4 Å². The molecule has 1 aromatic carbocycles. The number of carbonyl (C=O) groups excluding carboxylic acids is 2. The summed E-state index contributed by atoms with van der Waals surface area (Å²) in [4.78, 5) is 26.0. The van der Waals surface area contributed by atoms with Gasteiger partial charge in [-0.2, -0.15) is 0 Å². The maximum atomic E-state index is 12.3. The summed E-state index contributed by atoms with van der Waals surface area (Å²) in [6.45, 7) is 0.300. The van der Waals surface area contributed by atoms with Crippen LogP contribution in [-0.4, -0.2) is 30.0 Å². The van der Waals surface area contributed by atoms with Crippen LogP contribution in [0.5, 0.6) is 0 Å². The van der Waals surface area contributed by atoms with E-state index in [9.17, 15) is 14.7 Å². The number of amides is 2. The summed E-state index contributed by atoms with van der Waals surface area (Å²) >= 11 is 6.12. The predicted molar refractivity (Wildman–Crippen MR) is 88.6 cm³/mol. The number of benzene rings is 1. The molecule has 2 N–H and O–H groups in total. The van der Waals surface area contributed by atoms with E-state index in [0.29, 0.717) is 16.5 Å². The van der Waals surface area contributed by atoms with Crippen LogP contribution in [-0.2, 0) is 9.59 Å². The summed E-state index contributed by atoms with van der Waals surface area (Å²) < 4.78 is 5.08. The molecule has 24 heavy (non-hydrogen) atoms. The van der Waals surface area contributed by atoms with Gasteiger partial charge in [-0.3, -0.25) is 9.59 Å². The molecule has 3 rings (SSSR count). The fourth-order valence-electron chi connectivity index (χ4n) is 2.71. The van der Waals surface area contributed by atoms with E-state index in [1.54, 1.807) is 36.4 Å². The van der Waals surface area contributed by atoms with Crippen LogP contribution in [0.3, 0.4) is 0 Å². The minimum absolute atomic E-state index is 0.0309. The molecular formula is C17H17ClN2O4. The first kappa shape index (κ1) is 16.5. The minimum atomic E-state index is -0.916. The Balaban J connectivity index is 1.59. The van der Waals surface area contributed by atoms with Crippen LogP contribution in [0, 0.1) is 5.92 Å². The van der Waals surface area contributed by atoms with E-state index in [0.717, 1.165) is 0 Å². The smallest absolute Gasteiger partial charge is 0.227 e. The van der Waals surface area contributed by atoms with E-state index >= 15 is 0 Å². The number of nitrogens with zero attached hydrogens (tertiary/aromatic N) is 1. The summed E-state index contributed by atoms with van der Waals surface area (Å²) in [5.41, 5.74) is 0.607. The van der Waals surface area contributed by atoms with Gasteiger partial charge in [0.1, 0.15) is 11.9 Å². The molecule has 126 valence electrons. The summed E-state index contributed by atoms with van der Waals surface area (Å²) in [5.74, 6) is -0.508. The molecule has 1 saturated heterocycles. The Labute approximate surface area is 144 Å². The van der Waals surface area contributed by atoms with E-state index < -0.39 is 12.0 Å². The molecule has 2 amide bonds. The van der Waals surface area contributed by atoms with Crippen molar-refractivity contribution in [2.75, 3.05) is 18.0 Å². The monoisotopic (exact) mass is 348 g/mol. The Morgan fingerprint density at radius 2 is 2.17 bits per heavy atom. The molecule has 2 heterocycles. The zero-order valence-electron chi connectivity index (χ0n) is 12.8. The largest absolute Gasteiger partial charge is 0.467 e. The number of rotatable bonds is 5. The van der Waals surface area contributed by atoms with Crippen molar-refractivity contribution in [2.45, 2.75) is 12.5 Å². The zero-order valence-corrected chi connectivity index (χ0v) is 13.6. The summed E-state index contributed by atoms with van der Waals surface area (Å²) in [7, 11) is 0. The summed E-state index contributed by atoms with van der Waals surface area (Å²) in [6.07, 6.45) is 0.659. The van der Waals surface area contributed by atoms with E-state index in [1.165, 1.54) is 11.2 Å². The predicted octanol–water partition coefficient (Wildman–Crippen LogP) is 2.14. The lowest BCUT2D eigenvalue weighted by atomic mass is 10.1. The number of anilines is 1. The third kappa shape index (κ3) is 3.44. The molecule has 1 fully saturated rings. The lowest BCUT2D eigenvalue weighted by Crippen LogP contribution is -2.35. The first-order chi connectivity index (χ1) is 11.6. The first-order valence-corrected chi connectivity index (χ1v) is 7.98. The molecule has 0 radical (unpaired) electrons. The van der Waals surface area contributed by atoms with Gasteiger partial charge in [-0.1, -0.05) is 23.7 Å². The number of para-hydroxylation sites is 1. The van der Waals surface area contributed by atoms with Crippen molar-refractivity contribution in [3.8, 4) is 0 Å². The Kier molecular flexibility index (Phi) is 4.87. The lowest BCUT2D eigenvalue weighted by Gasteiger charge is -2.18. The number of aliphatic hydroxyl groups is 1. The normalized spacial score (nSPS) is 18.7. The van der Waals surface area contributed by atoms with E-state index in [2.05, 4.69) is 5.32 Å². The second-order valence-electron chi connectivity index (χ2n) is 5.63. The van der Waals surface area contributed by atoms with Crippen LogP contribution >= 0.6 is 11.6 Å². The topological polar surface area (TPSA) is 82.8 Å². The van der Waals surface area contributed by atoms with Gasteiger partial charge in [0.2, 0.25) is 11.8 Å². The second-order valence-corrected chi connectivity index (χ2v) is 6.04. The van der Waals surface area contributed by atoms with Gasteiger partial charge in [-0.25, -0.2) is 0 Å². The van der Waals surface area contributed by atoms with Crippen molar-refractivity contribution in [2.24, 2.45) is 5.92 Å². The molecule has 0 saturated carbocycles. The molecule has 2 unspecified atom stereocenters. The minimum Gasteiger partial charge on any atom is -0.467 e. The Morgan fingerprint density at radius 1 is 1.38 bits per heavy atom. The van der Waals surface area contributed by atoms with Crippen molar-refractivity contribution in [3.05, 3.63) is 53.4 Å². The third-order valence-corrected chi connectivity index (χ3v) is 4.30. The van der Waals surface area contributed by atoms with Crippen molar-refractivity contribution < 1.29 is 19.1 Å². The van der Waals surface area contributed by atoms with Gasteiger partial charge in [0, 0.05) is 13.0 Å². The highest BCUT2D eigenvalue weighted by Gasteiger charge is 2.35. The van der Waals surface area contributed by atoms with E-state index in [-0.39, 0.29) is 31.3 Å². The highest BCUT2D eigenvalue weighted by atomic mass is 35.5. The molecular weight excluding hydrogens is 332 g/mol. The Hall–Kier alpha value is -2.31. The third-order valence-electron chi connectivity index (χ3n) is 3.98. The van der Waals surface area contributed by atoms with Crippen LogP contribution < -0.4 is 10.2 Å². The van der Waals surface area contributed by atoms with Gasteiger partial charge in [0.15, 0.2) is 0 Å². The highest BCUT2D eigenvalue weighted by Crippen LogP contribution is 2.31. The summed E-state index contributed by atoms with van der Waals surface area (Å²) in [6, 6.07) is 10.3. The van der Waals surface area contributed by atoms with Crippen LogP contribution in [0.2, 0.25) is 5.02 Å². The van der Waals surface area contributed by atoms with Crippen LogP contribution in [0.4, 0.5) is 5.69 Å². The average molecular weight is 349 g/mol. The lowest BCUT2D eigenvalue weighted by molar-refractivity contribution is -0.126. The molecule has 0 bridgehead atoms. The molecule has 7 heteroatoms. The fourth-order valence-corrected chi connectivity index (χ4v) is 2.95. The maximum Gasteiger partial charge on any atom is 0.227 e. The van der Waals surface area contributed by atoms with Crippen LogP contribution in [0.15, 0.2) is 47.1 Å². The SMILES string of the molecule is O=C(NCC(O)c1ccco1)C1CC(=O)N(c2ccccc2Cl)C1. The number of halogens is 1. The first-order valence-electron chi connectivity index (χ1n) is 7.60. The number of hydrogen-bond acceptors (Lipinski definition) is 4.